The van der Waals surface area contributed by atoms with Crippen LogP contribution in [-0.2, 0) is 16.1 Å². The first-order valence-electron chi connectivity index (χ1n) is 6.06. The maximum atomic E-state index is 11.9. The van der Waals surface area contributed by atoms with Gasteiger partial charge in [0, 0.05) is 14.1 Å². The highest BCUT2D eigenvalue weighted by Crippen LogP contribution is 2.14. The molecule has 1 N–H and O–H groups in total. The Bertz CT molecular complexity index is 443. The minimum atomic E-state index is -0.956. The zero-order chi connectivity index (χ0) is 14.5. The zero-order valence-corrected chi connectivity index (χ0v) is 11.8. The summed E-state index contributed by atoms with van der Waals surface area (Å²) in [4.78, 5) is 24.9. The van der Waals surface area contributed by atoms with Crippen molar-refractivity contribution in [3.63, 3.8) is 0 Å². The molecule has 0 heterocycles. The number of ether oxygens (including phenoxy) is 1. The third kappa shape index (κ3) is 3.71. The number of carbonyl (C=O) groups is 2. The number of carbonyl (C=O) groups excluding carboxylic acids is 2. The van der Waals surface area contributed by atoms with Crippen LogP contribution in [0, 0.1) is 0 Å². The molecular weight excluding hydrogens is 244 g/mol. The Morgan fingerprint density at radius 1 is 1.26 bits per heavy atom. The van der Waals surface area contributed by atoms with Crippen molar-refractivity contribution in [1.82, 2.24) is 10.2 Å². The van der Waals surface area contributed by atoms with E-state index in [4.69, 9.17) is 4.74 Å². The molecule has 5 nitrogen and oxygen atoms in total. The van der Waals surface area contributed by atoms with Crippen LogP contribution in [0.5, 0.6) is 0 Å². The highest BCUT2D eigenvalue weighted by Gasteiger charge is 2.35. The van der Waals surface area contributed by atoms with Gasteiger partial charge in [-0.3, -0.25) is 9.69 Å². The van der Waals surface area contributed by atoms with Gasteiger partial charge in [0.15, 0.2) is 0 Å². The maximum Gasteiger partial charge on any atom is 0.410 e. The average molecular weight is 264 g/mol. The molecule has 0 radical (unpaired) electrons. The van der Waals surface area contributed by atoms with Gasteiger partial charge in [0.05, 0.1) is 0 Å². The largest absolute Gasteiger partial charge is 0.445 e. The van der Waals surface area contributed by atoms with Gasteiger partial charge in [-0.2, -0.15) is 0 Å². The van der Waals surface area contributed by atoms with E-state index in [1.165, 1.54) is 11.9 Å². The van der Waals surface area contributed by atoms with E-state index >= 15 is 0 Å². The Labute approximate surface area is 113 Å². The van der Waals surface area contributed by atoms with Gasteiger partial charge in [-0.05, 0) is 19.4 Å². The third-order valence-corrected chi connectivity index (χ3v) is 3.10. The summed E-state index contributed by atoms with van der Waals surface area (Å²) < 4.78 is 5.18. The summed E-state index contributed by atoms with van der Waals surface area (Å²) >= 11 is 0. The second-order valence-corrected chi connectivity index (χ2v) is 4.74. The number of nitrogens with zero attached hydrogens (tertiary/aromatic N) is 1. The molecule has 1 aromatic carbocycles. The molecule has 0 unspecified atom stereocenters. The molecule has 2 amide bonds. The van der Waals surface area contributed by atoms with Gasteiger partial charge in [-0.25, -0.2) is 4.79 Å². The molecule has 104 valence electrons. The molecule has 5 heteroatoms. The molecule has 0 aromatic heterocycles. The second-order valence-electron chi connectivity index (χ2n) is 4.74. The van der Waals surface area contributed by atoms with Crippen molar-refractivity contribution in [3.8, 4) is 0 Å². The van der Waals surface area contributed by atoms with Gasteiger partial charge < -0.3 is 10.1 Å². The van der Waals surface area contributed by atoms with E-state index in [2.05, 4.69) is 5.32 Å². The molecule has 0 bridgehead atoms. The lowest BCUT2D eigenvalue weighted by Gasteiger charge is -2.32. The molecule has 0 aliphatic rings. The van der Waals surface area contributed by atoms with Crippen molar-refractivity contribution in [3.05, 3.63) is 35.9 Å². The Balaban J connectivity index is 2.61. The minimum absolute atomic E-state index is 0.188. The zero-order valence-electron chi connectivity index (χ0n) is 11.8. The highest BCUT2D eigenvalue weighted by molar-refractivity contribution is 5.88. The lowest BCUT2D eigenvalue weighted by atomic mass is 10.0. The summed E-state index contributed by atoms with van der Waals surface area (Å²) in [6.07, 6.45) is -0.530. The summed E-state index contributed by atoms with van der Waals surface area (Å²) in [7, 11) is 3.08. The van der Waals surface area contributed by atoms with Crippen LogP contribution >= 0.6 is 0 Å². The van der Waals surface area contributed by atoms with Crippen LogP contribution in [0.1, 0.15) is 19.4 Å². The molecule has 0 saturated carbocycles. The van der Waals surface area contributed by atoms with Crippen molar-refractivity contribution in [2.45, 2.75) is 26.0 Å². The van der Waals surface area contributed by atoms with Gasteiger partial charge >= 0.3 is 6.09 Å². The molecule has 0 aliphatic carbocycles. The van der Waals surface area contributed by atoms with Gasteiger partial charge in [0.25, 0.3) is 0 Å². The number of rotatable bonds is 4. The molecule has 0 fully saturated rings. The van der Waals surface area contributed by atoms with E-state index < -0.39 is 11.6 Å². The molecule has 1 aromatic rings. The van der Waals surface area contributed by atoms with Crippen LogP contribution in [0.4, 0.5) is 4.79 Å². The highest BCUT2D eigenvalue weighted by atomic mass is 16.6. The van der Waals surface area contributed by atoms with Crippen molar-refractivity contribution in [2.24, 2.45) is 0 Å². The van der Waals surface area contributed by atoms with Crippen LogP contribution in [0.3, 0.4) is 0 Å². The van der Waals surface area contributed by atoms with Gasteiger partial charge in [-0.15, -0.1) is 0 Å². The van der Waals surface area contributed by atoms with Crippen molar-refractivity contribution >= 4 is 12.0 Å². The van der Waals surface area contributed by atoms with E-state index in [1.54, 1.807) is 20.9 Å². The van der Waals surface area contributed by atoms with Gasteiger partial charge in [0.1, 0.15) is 12.1 Å². The first-order chi connectivity index (χ1) is 8.89. The van der Waals surface area contributed by atoms with Crippen LogP contribution in [0.25, 0.3) is 0 Å². The van der Waals surface area contributed by atoms with E-state index in [0.717, 1.165) is 5.56 Å². The second kappa shape index (κ2) is 6.22. The lowest BCUT2D eigenvalue weighted by Crippen LogP contribution is -2.54. The van der Waals surface area contributed by atoms with Crippen LogP contribution in [0.15, 0.2) is 30.3 Å². The fraction of sp³-hybridized carbons (Fsp3) is 0.429. The van der Waals surface area contributed by atoms with E-state index in [0.29, 0.717) is 0 Å². The first kappa shape index (κ1) is 15.0. The third-order valence-electron chi connectivity index (χ3n) is 3.10. The molecule has 0 saturated heterocycles. The maximum absolute atomic E-state index is 11.9. The predicted molar refractivity (Wildman–Crippen MR) is 72.5 cm³/mol. The van der Waals surface area contributed by atoms with Crippen molar-refractivity contribution < 1.29 is 14.3 Å². The van der Waals surface area contributed by atoms with E-state index in [1.807, 2.05) is 30.3 Å². The summed E-state index contributed by atoms with van der Waals surface area (Å²) in [5.41, 5.74) is -0.0512. The SMILES string of the molecule is CNC(=O)C(C)(C)N(C)C(=O)OCc1ccccc1. The van der Waals surface area contributed by atoms with Crippen molar-refractivity contribution in [2.75, 3.05) is 14.1 Å². The van der Waals surface area contributed by atoms with Crippen molar-refractivity contribution in [1.29, 1.82) is 0 Å². The summed E-state index contributed by atoms with van der Waals surface area (Å²) in [5.74, 6) is -0.244. The standard InChI is InChI=1S/C14H20N2O3/c1-14(2,12(17)15-3)16(4)13(18)19-10-11-8-6-5-7-9-11/h5-9H,10H2,1-4H3,(H,15,17). The number of benzene rings is 1. The number of likely N-dealkylation sites (N-methyl/N-ethyl adjacent to an activating group) is 2. The van der Waals surface area contributed by atoms with Gasteiger partial charge in [-0.1, -0.05) is 30.3 Å². The molecule has 0 spiro atoms. The minimum Gasteiger partial charge on any atom is -0.445 e. The number of nitrogens with one attached hydrogen (secondary N) is 1. The van der Waals surface area contributed by atoms with Crippen LogP contribution < -0.4 is 5.32 Å². The molecule has 0 aliphatic heterocycles. The number of hydrogen-bond acceptors (Lipinski definition) is 3. The normalized spacial score (nSPS) is 10.7. The fourth-order valence-electron chi connectivity index (χ4n) is 1.50. The smallest absolute Gasteiger partial charge is 0.410 e. The Morgan fingerprint density at radius 3 is 2.37 bits per heavy atom. The monoisotopic (exact) mass is 264 g/mol. The Kier molecular flexibility index (Phi) is 4.92. The van der Waals surface area contributed by atoms with Gasteiger partial charge in [0.2, 0.25) is 5.91 Å². The predicted octanol–water partition coefficient (Wildman–Crippen LogP) is 1.78. The molecule has 1 rings (SSSR count). The first-order valence-corrected chi connectivity index (χ1v) is 6.06. The Hall–Kier alpha value is -2.04. The Morgan fingerprint density at radius 2 is 1.84 bits per heavy atom. The topological polar surface area (TPSA) is 58.6 Å². The fourth-order valence-corrected chi connectivity index (χ4v) is 1.50. The summed E-state index contributed by atoms with van der Waals surface area (Å²) in [5, 5.41) is 2.53. The quantitative estimate of drug-likeness (QED) is 0.901. The van der Waals surface area contributed by atoms with E-state index in [-0.39, 0.29) is 12.5 Å². The number of hydrogen-bond donors (Lipinski definition) is 1. The van der Waals surface area contributed by atoms with E-state index in [9.17, 15) is 9.59 Å². The number of amides is 2. The molecular formula is C14H20N2O3. The lowest BCUT2D eigenvalue weighted by molar-refractivity contribution is -0.129. The van der Waals surface area contributed by atoms with Crippen LogP contribution in [-0.4, -0.2) is 36.5 Å². The molecule has 19 heavy (non-hydrogen) atoms. The molecule has 0 atom stereocenters. The average Bonchev–Trinajstić information content (AvgIpc) is 2.43. The summed E-state index contributed by atoms with van der Waals surface area (Å²) in [6.45, 7) is 3.51. The van der Waals surface area contributed by atoms with Crippen LogP contribution in [0.2, 0.25) is 0 Å². The summed E-state index contributed by atoms with van der Waals surface area (Å²) in [6, 6.07) is 9.39.